The molecule has 1 aliphatic heterocycles. The largest absolute Gasteiger partial charge is 0.455 e. The topological polar surface area (TPSA) is 71.5 Å². The van der Waals surface area contributed by atoms with E-state index in [1.807, 2.05) is 142 Å². The SMILES string of the molecule is CC(C)(C)OC(=O)C(N1C(=O)C(NC(c2ccccc2)(c2ccccc2)c2ccccc2)C1SCC#Cc1cccnc1)=P(c1ccccc1)(c1ccccc1)c1ccccc1. The lowest BCUT2D eigenvalue weighted by Gasteiger charge is -2.52. The van der Waals surface area contributed by atoms with E-state index in [0.717, 1.165) is 38.2 Å². The third-order valence-corrected chi connectivity index (χ3v) is 16.2. The Morgan fingerprint density at radius 1 is 0.661 bits per heavy atom. The summed E-state index contributed by atoms with van der Waals surface area (Å²) in [5, 5.41) is 6.17. The van der Waals surface area contributed by atoms with Crippen LogP contribution in [0.25, 0.3) is 0 Å². The van der Waals surface area contributed by atoms with Crippen molar-refractivity contribution in [3.63, 3.8) is 0 Å². The number of β-lactam (4-membered cyclic amide) rings is 1. The van der Waals surface area contributed by atoms with Crippen molar-refractivity contribution in [2.24, 2.45) is 0 Å². The number of carbonyl (C=O) groups is 2. The van der Waals surface area contributed by atoms with Gasteiger partial charge in [0.25, 0.3) is 0 Å². The van der Waals surface area contributed by atoms with E-state index < -0.39 is 35.4 Å². The monoisotopic (exact) mass is 849 g/mol. The van der Waals surface area contributed by atoms with E-state index in [9.17, 15) is 0 Å². The van der Waals surface area contributed by atoms with Gasteiger partial charge in [0.1, 0.15) is 22.4 Å². The summed E-state index contributed by atoms with van der Waals surface area (Å²) >= 11 is 1.53. The molecule has 308 valence electrons. The molecule has 1 aliphatic rings. The highest BCUT2D eigenvalue weighted by molar-refractivity contribution is 8.00. The van der Waals surface area contributed by atoms with Gasteiger partial charge in [0, 0.05) is 24.8 Å². The van der Waals surface area contributed by atoms with Crippen molar-refractivity contribution in [1.82, 2.24) is 15.2 Å². The number of likely N-dealkylation sites (tertiary alicyclic amines) is 1. The molecule has 1 N–H and O–H groups in total. The fourth-order valence-corrected chi connectivity index (χ4v) is 13.7. The minimum absolute atomic E-state index is 0.233. The maximum Gasteiger partial charge on any atom is 0.356 e. The Morgan fingerprint density at radius 2 is 1.10 bits per heavy atom. The highest BCUT2D eigenvalue weighted by Crippen LogP contribution is 2.50. The summed E-state index contributed by atoms with van der Waals surface area (Å²) in [7, 11) is 0. The van der Waals surface area contributed by atoms with Crippen molar-refractivity contribution in [2.45, 2.75) is 43.3 Å². The quantitative estimate of drug-likeness (QED) is 0.0436. The molecular formula is C54H48N3O3PS. The third-order valence-electron chi connectivity index (χ3n) is 10.8. The lowest BCUT2D eigenvalue weighted by Crippen LogP contribution is -2.74. The molecule has 7 aromatic rings. The predicted octanol–water partition coefficient (Wildman–Crippen LogP) is 8.75. The zero-order chi connectivity index (χ0) is 43.0. The van der Waals surface area contributed by atoms with E-state index in [2.05, 4.69) is 94.9 Å². The molecule has 62 heavy (non-hydrogen) atoms. The van der Waals surface area contributed by atoms with Gasteiger partial charge in [0.2, 0.25) is 5.91 Å². The summed E-state index contributed by atoms with van der Waals surface area (Å²) in [6, 6.07) is 64.2. The van der Waals surface area contributed by atoms with Crippen LogP contribution < -0.4 is 21.2 Å². The summed E-state index contributed by atoms with van der Waals surface area (Å²) in [4.78, 5) is 37.4. The molecule has 0 saturated carbocycles. The van der Waals surface area contributed by atoms with Gasteiger partial charge in [0.05, 0.1) is 11.3 Å². The standard InChI is InChI=1S/C54H48N3O3PS/c1-53(2,3)60-52(59)50(61(45-32-16-7-17-33-45,46-34-18-8-19-35-46)47-36-20-9-21-37-47)57-49(58)48(51(57)62-39-23-25-41-24-22-38-55-40-41)56-54(42-26-10-4-11-27-42,43-28-12-5-13-29-43)44-30-14-6-15-31-44/h4-22,24,26-38,40,48,51,56H,39H2,1-3H3. The number of hydrogen-bond acceptors (Lipinski definition) is 6. The van der Waals surface area contributed by atoms with E-state index in [1.54, 1.807) is 17.3 Å². The van der Waals surface area contributed by atoms with E-state index in [-0.39, 0.29) is 5.91 Å². The molecule has 8 rings (SSSR count). The summed E-state index contributed by atoms with van der Waals surface area (Å²) in [6.45, 7) is 2.42. The van der Waals surface area contributed by atoms with Crippen molar-refractivity contribution < 1.29 is 14.3 Å². The van der Waals surface area contributed by atoms with E-state index in [4.69, 9.17) is 4.74 Å². The molecule has 0 bridgehead atoms. The van der Waals surface area contributed by atoms with Gasteiger partial charge in [-0.3, -0.25) is 20.0 Å². The number of nitrogens with one attached hydrogen (secondary N) is 1. The van der Waals surface area contributed by atoms with Gasteiger partial charge in [-0.15, -0.1) is 11.8 Å². The second kappa shape index (κ2) is 18.7. The number of rotatable bonds is 12. The molecule has 2 atom stereocenters. The second-order valence-corrected chi connectivity index (χ2v) is 20.3. The number of hydrogen-bond donors (Lipinski definition) is 1. The van der Waals surface area contributed by atoms with Crippen LogP contribution in [0.15, 0.2) is 207 Å². The van der Waals surface area contributed by atoms with Crippen molar-refractivity contribution in [2.75, 3.05) is 5.75 Å². The van der Waals surface area contributed by atoms with Crippen LogP contribution >= 0.6 is 18.6 Å². The van der Waals surface area contributed by atoms with Crippen LogP contribution in [0.2, 0.25) is 0 Å². The van der Waals surface area contributed by atoms with Crippen LogP contribution in [0.3, 0.4) is 0 Å². The smallest absolute Gasteiger partial charge is 0.356 e. The zero-order valence-corrected chi connectivity index (χ0v) is 36.7. The number of nitrogens with zero attached hydrogens (tertiary/aromatic N) is 2. The van der Waals surface area contributed by atoms with Gasteiger partial charge in [-0.25, -0.2) is 4.79 Å². The first-order valence-corrected chi connectivity index (χ1v) is 23.5. The molecule has 1 aromatic heterocycles. The number of aromatic nitrogens is 1. The summed E-state index contributed by atoms with van der Waals surface area (Å²) in [5.74, 6) is 6.20. The molecular weight excluding hydrogens is 802 g/mol. The van der Waals surface area contributed by atoms with Gasteiger partial charge < -0.3 is 4.74 Å². The average molecular weight is 850 g/mol. The van der Waals surface area contributed by atoms with Crippen LogP contribution in [-0.4, -0.2) is 49.9 Å². The number of benzene rings is 6. The number of pyridine rings is 1. The van der Waals surface area contributed by atoms with Gasteiger partial charge >= 0.3 is 5.97 Å². The molecule has 2 unspecified atom stereocenters. The zero-order valence-electron chi connectivity index (χ0n) is 35.0. The summed E-state index contributed by atoms with van der Waals surface area (Å²) in [6.07, 6.45) is 3.46. The molecule has 1 fully saturated rings. The predicted molar refractivity (Wildman–Crippen MR) is 256 cm³/mol. The Hall–Kier alpha value is -6.42. The molecule has 0 aliphatic carbocycles. The average Bonchev–Trinajstić information content (AvgIpc) is 3.31. The molecule has 0 spiro atoms. The maximum absolute atomic E-state index is 15.8. The number of thioether (sulfide) groups is 1. The molecule has 1 amide bonds. The van der Waals surface area contributed by atoms with E-state index in [1.165, 1.54) is 11.8 Å². The Balaban J connectivity index is 1.41. The fraction of sp³-hybridized carbons (Fsp3) is 0.148. The first-order chi connectivity index (χ1) is 30.2. The van der Waals surface area contributed by atoms with Crippen LogP contribution in [-0.2, 0) is 19.9 Å². The van der Waals surface area contributed by atoms with Crippen molar-refractivity contribution in [3.8, 4) is 11.8 Å². The summed E-state index contributed by atoms with van der Waals surface area (Å²) in [5.41, 5.74) is 2.20. The minimum atomic E-state index is -3.18. The number of esters is 1. The first kappa shape index (κ1) is 42.3. The fourth-order valence-electron chi connectivity index (χ4n) is 8.23. The van der Waals surface area contributed by atoms with Gasteiger partial charge in [0.15, 0.2) is 0 Å². The normalized spacial score (nSPS) is 15.1. The van der Waals surface area contributed by atoms with Crippen LogP contribution in [0.4, 0.5) is 0 Å². The summed E-state index contributed by atoms with van der Waals surface area (Å²) < 4.78 is 6.44. The van der Waals surface area contributed by atoms with Crippen molar-refractivity contribution >= 4 is 51.9 Å². The maximum atomic E-state index is 15.8. The van der Waals surface area contributed by atoms with Gasteiger partial charge in [-0.1, -0.05) is 194 Å². The Kier molecular flexibility index (Phi) is 12.7. The molecule has 1 saturated heterocycles. The lowest BCUT2D eigenvalue weighted by molar-refractivity contribution is -0.151. The minimum Gasteiger partial charge on any atom is -0.455 e. The van der Waals surface area contributed by atoms with Gasteiger partial charge in [-0.05, 0) is 65.5 Å². The van der Waals surface area contributed by atoms with Crippen molar-refractivity contribution in [3.05, 3.63) is 229 Å². The Labute approximate surface area is 369 Å². The number of amides is 1. The first-order valence-electron chi connectivity index (χ1n) is 20.7. The molecule has 6 aromatic carbocycles. The van der Waals surface area contributed by atoms with Crippen LogP contribution in [0.5, 0.6) is 0 Å². The lowest BCUT2D eigenvalue weighted by atomic mass is 9.76. The van der Waals surface area contributed by atoms with Crippen molar-refractivity contribution in [1.29, 1.82) is 0 Å². The Morgan fingerprint density at radius 3 is 1.50 bits per heavy atom. The van der Waals surface area contributed by atoms with Gasteiger partial charge in [-0.2, -0.15) is 0 Å². The third kappa shape index (κ3) is 8.43. The van der Waals surface area contributed by atoms with Crippen LogP contribution in [0, 0.1) is 11.8 Å². The van der Waals surface area contributed by atoms with E-state index in [0.29, 0.717) is 11.2 Å². The molecule has 8 heteroatoms. The Bertz CT molecular complexity index is 2520. The second-order valence-electron chi connectivity index (χ2n) is 15.9. The van der Waals surface area contributed by atoms with Crippen LogP contribution in [0.1, 0.15) is 43.0 Å². The highest BCUT2D eigenvalue weighted by Gasteiger charge is 2.57. The molecule has 6 nitrogen and oxygen atoms in total. The number of ether oxygens (including phenoxy) is 1. The molecule has 2 heterocycles. The highest BCUT2D eigenvalue weighted by atomic mass is 32.2. The molecule has 0 radical (unpaired) electrons. The number of carbonyl (C=O) groups excluding carboxylic acids is 2. The van der Waals surface area contributed by atoms with E-state index >= 15 is 9.59 Å².